The summed E-state index contributed by atoms with van der Waals surface area (Å²) in [7, 11) is 6.77. The first-order chi connectivity index (χ1) is 8.29. The Kier molecular flexibility index (Phi) is 6.18. The largest absolute Gasteiger partial charge is 0.330 e. The second-order valence-corrected chi connectivity index (χ2v) is 7.18. The summed E-state index contributed by atoms with van der Waals surface area (Å²) in [6, 6.07) is 1.09. The van der Waals surface area contributed by atoms with Gasteiger partial charge in [-0.1, -0.05) is 12.2 Å². The molecule has 0 spiro atoms. The van der Waals surface area contributed by atoms with Gasteiger partial charge in [-0.25, -0.2) is 0 Å². The lowest BCUT2D eigenvalue weighted by atomic mass is 10.1. The number of quaternary nitrogens is 1. The standard InChI is InChI=1S/C14H30N3S/c1-12(2)16(10-11-17(3,4)5)9-7-13-14(18)6-8-15-13/h12-13,15H,6-11H2,1-5H3/q+1. The highest BCUT2D eigenvalue weighted by molar-refractivity contribution is 7.80. The lowest BCUT2D eigenvalue weighted by Crippen LogP contribution is -2.45. The Labute approximate surface area is 118 Å². The van der Waals surface area contributed by atoms with Crippen LogP contribution in [0.25, 0.3) is 0 Å². The second-order valence-electron chi connectivity index (χ2n) is 6.66. The Bertz CT molecular complexity index is 271. The molecule has 106 valence electrons. The van der Waals surface area contributed by atoms with Crippen LogP contribution in [0.3, 0.4) is 0 Å². The topological polar surface area (TPSA) is 15.3 Å². The lowest BCUT2D eigenvalue weighted by Gasteiger charge is -2.32. The van der Waals surface area contributed by atoms with Crippen molar-refractivity contribution in [2.45, 2.75) is 38.8 Å². The molecule has 1 fully saturated rings. The van der Waals surface area contributed by atoms with Crippen molar-refractivity contribution in [3.05, 3.63) is 0 Å². The molecule has 1 heterocycles. The third-order valence-electron chi connectivity index (χ3n) is 3.64. The van der Waals surface area contributed by atoms with Gasteiger partial charge in [0.2, 0.25) is 0 Å². The molecular formula is C14H30N3S+. The van der Waals surface area contributed by atoms with Crippen LogP contribution in [0.2, 0.25) is 0 Å². The quantitative estimate of drug-likeness (QED) is 0.559. The first-order valence-electron chi connectivity index (χ1n) is 7.10. The normalized spacial score (nSPS) is 21.3. The fourth-order valence-corrected chi connectivity index (χ4v) is 2.58. The van der Waals surface area contributed by atoms with Crippen molar-refractivity contribution in [2.24, 2.45) is 0 Å². The summed E-state index contributed by atoms with van der Waals surface area (Å²) in [5.74, 6) is 0. The van der Waals surface area contributed by atoms with Gasteiger partial charge in [-0.3, -0.25) is 4.90 Å². The summed E-state index contributed by atoms with van der Waals surface area (Å²) in [4.78, 5) is 3.80. The van der Waals surface area contributed by atoms with Crippen molar-refractivity contribution in [3.8, 4) is 0 Å². The zero-order valence-electron chi connectivity index (χ0n) is 12.7. The highest BCUT2D eigenvalue weighted by Gasteiger charge is 2.22. The van der Waals surface area contributed by atoms with E-state index < -0.39 is 0 Å². The molecule has 1 unspecified atom stereocenters. The van der Waals surface area contributed by atoms with Gasteiger partial charge >= 0.3 is 0 Å². The van der Waals surface area contributed by atoms with E-state index in [1.807, 2.05) is 0 Å². The van der Waals surface area contributed by atoms with Gasteiger partial charge < -0.3 is 9.80 Å². The summed E-state index contributed by atoms with van der Waals surface area (Å²) in [6.07, 6.45) is 2.24. The lowest BCUT2D eigenvalue weighted by molar-refractivity contribution is -0.869. The minimum atomic E-state index is 0.477. The van der Waals surface area contributed by atoms with Crippen LogP contribution in [0.1, 0.15) is 26.7 Å². The van der Waals surface area contributed by atoms with Crippen molar-refractivity contribution in [1.82, 2.24) is 10.2 Å². The van der Waals surface area contributed by atoms with Crippen molar-refractivity contribution >= 4 is 17.1 Å². The molecule has 1 rings (SSSR count). The van der Waals surface area contributed by atoms with E-state index >= 15 is 0 Å². The van der Waals surface area contributed by atoms with E-state index in [-0.39, 0.29) is 0 Å². The molecule has 18 heavy (non-hydrogen) atoms. The maximum atomic E-state index is 5.40. The molecule has 0 aromatic heterocycles. The monoisotopic (exact) mass is 272 g/mol. The average Bonchev–Trinajstić information content (AvgIpc) is 2.62. The second kappa shape index (κ2) is 6.94. The fourth-order valence-electron chi connectivity index (χ4n) is 2.27. The first-order valence-corrected chi connectivity index (χ1v) is 7.51. The molecule has 0 aromatic carbocycles. The van der Waals surface area contributed by atoms with Gasteiger partial charge in [-0.15, -0.1) is 0 Å². The zero-order chi connectivity index (χ0) is 13.8. The first kappa shape index (κ1) is 16.0. The number of thiocarbonyl (C=S) groups is 1. The molecule has 0 aliphatic carbocycles. The SMILES string of the molecule is CC(C)N(CCC1NCCC1=S)CC[N+](C)(C)C. The van der Waals surface area contributed by atoms with Crippen molar-refractivity contribution in [1.29, 1.82) is 0 Å². The smallest absolute Gasteiger partial charge is 0.0909 e. The van der Waals surface area contributed by atoms with Crippen LogP contribution in [0.4, 0.5) is 0 Å². The molecule has 0 aromatic rings. The Balaban J connectivity index is 2.36. The molecule has 1 N–H and O–H groups in total. The van der Waals surface area contributed by atoms with Crippen LogP contribution in [0.5, 0.6) is 0 Å². The van der Waals surface area contributed by atoms with Gasteiger partial charge in [0, 0.05) is 36.6 Å². The van der Waals surface area contributed by atoms with Gasteiger partial charge in [-0.05, 0) is 26.7 Å². The van der Waals surface area contributed by atoms with Crippen LogP contribution in [-0.4, -0.2) is 73.7 Å². The Morgan fingerprint density at radius 2 is 2.00 bits per heavy atom. The average molecular weight is 272 g/mol. The predicted octanol–water partition coefficient (Wildman–Crippen LogP) is 1.52. The predicted molar refractivity (Wildman–Crippen MR) is 83.2 cm³/mol. The number of rotatable bonds is 7. The van der Waals surface area contributed by atoms with Gasteiger partial charge in [0.25, 0.3) is 0 Å². The minimum Gasteiger partial charge on any atom is -0.330 e. The molecular weight excluding hydrogens is 242 g/mol. The van der Waals surface area contributed by atoms with E-state index in [1.165, 1.54) is 18.0 Å². The van der Waals surface area contributed by atoms with E-state index in [0.717, 1.165) is 30.4 Å². The zero-order valence-corrected chi connectivity index (χ0v) is 13.5. The van der Waals surface area contributed by atoms with Gasteiger partial charge in [0.15, 0.2) is 0 Å². The molecule has 0 saturated carbocycles. The van der Waals surface area contributed by atoms with Crippen molar-refractivity contribution < 1.29 is 4.48 Å². The number of hydrogen-bond donors (Lipinski definition) is 1. The van der Waals surface area contributed by atoms with Crippen LogP contribution in [0, 0.1) is 0 Å². The third kappa shape index (κ3) is 5.74. The molecule has 1 aliphatic heterocycles. The maximum absolute atomic E-state index is 5.40. The Morgan fingerprint density at radius 3 is 2.44 bits per heavy atom. The summed E-state index contributed by atoms with van der Waals surface area (Å²) in [6.45, 7) is 9.16. The molecule has 0 radical (unpaired) electrons. The van der Waals surface area contributed by atoms with Gasteiger partial charge in [0.1, 0.15) is 0 Å². The van der Waals surface area contributed by atoms with Crippen LogP contribution in [-0.2, 0) is 0 Å². The maximum Gasteiger partial charge on any atom is 0.0909 e. The number of nitrogens with zero attached hydrogens (tertiary/aromatic N) is 2. The van der Waals surface area contributed by atoms with Crippen LogP contribution in [0.15, 0.2) is 0 Å². The molecule has 4 heteroatoms. The van der Waals surface area contributed by atoms with Gasteiger partial charge in [-0.2, -0.15) is 0 Å². The Hall–Kier alpha value is -0.0300. The van der Waals surface area contributed by atoms with Crippen molar-refractivity contribution in [2.75, 3.05) is 47.3 Å². The van der Waals surface area contributed by atoms with E-state index in [4.69, 9.17) is 12.2 Å². The highest BCUT2D eigenvalue weighted by Crippen LogP contribution is 2.10. The van der Waals surface area contributed by atoms with E-state index in [1.54, 1.807) is 0 Å². The molecule has 0 amide bonds. The summed E-state index contributed by atoms with van der Waals surface area (Å²) in [5, 5.41) is 3.50. The number of nitrogens with one attached hydrogen (secondary N) is 1. The van der Waals surface area contributed by atoms with Crippen LogP contribution >= 0.6 is 12.2 Å². The molecule has 0 bridgehead atoms. The minimum absolute atomic E-state index is 0.477. The number of hydrogen-bond acceptors (Lipinski definition) is 3. The third-order valence-corrected chi connectivity index (χ3v) is 4.13. The highest BCUT2D eigenvalue weighted by atomic mass is 32.1. The summed E-state index contributed by atoms with van der Waals surface area (Å²) < 4.78 is 1.03. The summed E-state index contributed by atoms with van der Waals surface area (Å²) in [5.41, 5.74) is 0. The molecule has 1 atom stereocenters. The fraction of sp³-hybridized carbons (Fsp3) is 0.929. The van der Waals surface area contributed by atoms with E-state index in [9.17, 15) is 0 Å². The van der Waals surface area contributed by atoms with Crippen molar-refractivity contribution in [3.63, 3.8) is 0 Å². The molecule has 1 saturated heterocycles. The van der Waals surface area contributed by atoms with Crippen LogP contribution < -0.4 is 5.32 Å². The van der Waals surface area contributed by atoms with E-state index in [0.29, 0.717) is 12.1 Å². The Morgan fingerprint density at radius 1 is 1.33 bits per heavy atom. The molecule has 1 aliphatic rings. The molecule has 3 nitrogen and oxygen atoms in total. The van der Waals surface area contributed by atoms with Gasteiger partial charge in [0.05, 0.1) is 27.7 Å². The summed E-state index contributed by atoms with van der Waals surface area (Å²) >= 11 is 5.40. The van der Waals surface area contributed by atoms with E-state index in [2.05, 4.69) is 45.2 Å². The number of likely N-dealkylation sites (N-methyl/N-ethyl adjacent to an activating group) is 1.